The lowest BCUT2D eigenvalue weighted by Gasteiger charge is -2.33. The van der Waals surface area contributed by atoms with Gasteiger partial charge in [0.2, 0.25) is 0 Å². The van der Waals surface area contributed by atoms with Crippen LogP contribution in [0.1, 0.15) is 58.8 Å². The van der Waals surface area contributed by atoms with E-state index in [1.807, 2.05) is 0 Å². The van der Waals surface area contributed by atoms with Crippen molar-refractivity contribution in [1.82, 2.24) is 0 Å². The molecular weight excluding hydrogens is 214 g/mol. The summed E-state index contributed by atoms with van der Waals surface area (Å²) in [6.45, 7) is 4.48. The van der Waals surface area contributed by atoms with Gasteiger partial charge in [0.25, 0.3) is 0 Å². The molecule has 17 heavy (non-hydrogen) atoms. The van der Waals surface area contributed by atoms with E-state index in [1.165, 1.54) is 6.42 Å². The van der Waals surface area contributed by atoms with E-state index in [2.05, 4.69) is 13.8 Å². The van der Waals surface area contributed by atoms with Crippen LogP contribution in [0.25, 0.3) is 0 Å². The van der Waals surface area contributed by atoms with Gasteiger partial charge in [-0.15, -0.1) is 0 Å². The molecule has 2 N–H and O–H groups in total. The van der Waals surface area contributed by atoms with Gasteiger partial charge in [0.1, 0.15) is 11.6 Å². The van der Waals surface area contributed by atoms with Gasteiger partial charge in [-0.2, -0.15) is 0 Å². The first kappa shape index (κ1) is 12.9. The predicted octanol–water partition coefficient (Wildman–Crippen LogP) is 2.63. The Labute approximate surface area is 104 Å². The largest absolute Gasteiger partial charge is 0.461 e. The van der Waals surface area contributed by atoms with Gasteiger partial charge in [0.05, 0.1) is 0 Å². The van der Waals surface area contributed by atoms with Gasteiger partial charge in [-0.25, -0.2) is 0 Å². The Balaban J connectivity index is 1.89. The van der Waals surface area contributed by atoms with Gasteiger partial charge in [0, 0.05) is 0 Å². The van der Waals surface area contributed by atoms with Crippen LogP contribution in [0, 0.1) is 11.8 Å². The van der Waals surface area contributed by atoms with Crippen LogP contribution in [0.5, 0.6) is 0 Å². The van der Waals surface area contributed by atoms with Crippen molar-refractivity contribution in [3.63, 3.8) is 0 Å². The van der Waals surface area contributed by atoms with Crippen molar-refractivity contribution in [2.75, 3.05) is 0 Å². The Bertz CT molecular complexity index is 274. The number of ether oxygens (including phenoxy) is 1. The Morgan fingerprint density at radius 3 is 2.18 bits per heavy atom. The van der Waals surface area contributed by atoms with Crippen LogP contribution in [-0.4, -0.2) is 17.6 Å². The summed E-state index contributed by atoms with van der Waals surface area (Å²) in [5, 5.41) is 0. The van der Waals surface area contributed by atoms with E-state index in [-0.39, 0.29) is 12.1 Å². The number of nitrogens with two attached hydrogens (primary N) is 1. The van der Waals surface area contributed by atoms with E-state index >= 15 is 0 Å². The molecule has 2 fully saturated rings. The fourth-order valence-electron chi connectivity index (χ4n) is 3.45. The van der Waals surface area contributed by atoms with Crippen molar-refractivity contribution in [2.45, 2.75) is 70.4 Å². The number of esters is 1. The average Bonchev–Trinajstić information content (AvgIpc) is 2.64. The van der Waals surface area contributed by atoms with E-state index < -0.39 is 5.54 Å². The van der Waals surface area contributed by atoms with Crippen LogP contribution in [0.4, 0.5) is 0 Å². The van der Waals surface area contributed by atoms with Crippen molar-refractivity contribution in [3.8, 4) is 0 Å². The molecule has 2 aliphatic carbocycles. The molecule has 0 saturated heterocycles. The summed E-state index contributed by atoms with van der Waals surface area (Å²) in [5.41, 5.74) is 5.44. The molecule has 3 heteroatoms. The molecule has 2 saturated carbocycles. The van der Waals surface area contributed by atoms with Gasteiger partial charge in [-0.1, -0.05) is 26.7 Å². The maximum atomic E-state index is 12.1. The third-order valence-electron chi connectivity index (χ3n) is 4.31. The lowest BCUT2D eigenvalue weighted by molar-refractivity contribution is -0.158. The Kier molecular flexibility index (Phi) is 3.76. The molecule has 0 aromatic heterocycles. The summed E-state index contributed by atoms with van der Waals surface area (Å²) < 4.78 is 5.66. The minimum atomic E-state index is -0.677. The van der Waals surface area contributed by atoms with Crippen LogP contribution < -0.4 is 5.73 Å². The lowest BCUT2D eigenvalue weighted by Crippen LogP contribution is -2.48. The van der Waals surface area contributed by atoms with Crippen LogP contribution in [0.2, 0.25) is 0 Å². The first-order valence-corrected chi connectivity index (χ1v) is 6.99. The number of carbonyl (C=O) groups excluding carboxylic acids is 1. The van der Waals surface area contributed by atoms with E-state index in [9.17, 15) is 4.79 Å². The summed E-state index contributed by atoms with van der Waals surface area (Å²) >= 11 is 0. The smallest absolute Gasteiger partial charge is 0.326 e. The highest BCUT2D eigenvalue weighted by atomic mass is 16.5. The fraction of sp³-hybridized carbons (Fsp3) is 0.929. The van der Waals surface area contributed by atoms with Crippen LogP contribution >= 0.6 is 0 Å². The van der Waals surface area contributed by atoms with Crippen LogP contribution in [-0.2, 0) is 9.53 Å². The lowest BCUT2D eigenvalue weighted by atomic mass is 9.81. The quantitative estimate of drug-likeness (QED) is 0.754. The Morgan fingerprint density at radius 1 is 1.12 bits per heavy atom. The normalized spacial score (nSPS) is 36.8. The topological polar surface area (TPSA) is 52.3 Å². The Hall–Kier alpha value is -0.570. The highest BCUT2D eigenvalue weighted by Gasteiger charge is 2.40. The number of hydrogen-bond acceptors (Lipinski definition) is 3. The van der Waals surface area contributed by atoms with E-state index in [0.717, 1.165) is 38.5 Å². The first-order valence-electron chi connectivity index (χ1n) is 6.99. The number of rotatable bonds is 2. The molecule has 0 radical (unpaired) electrons. The molecule has 98 valence electrons. The molecular formula is C14H25NO2. The molecule has 0 amide bonds. The number of hydrogen-bond donors (Lipinski definition) is 1. The highest BCUT2D eigenvalue weighted by molar-refractivity contribution is 5.81. The van der Waals surface area contributed by atoms with Crippen molar-refractivity contribution >= 4 is 5.97 Å². The molecule has 0 aromatic carbocycles. The van der Waals surface area contributed by atoms with Gasteiger partial charge < -0.3 is 10.5 Å². The fourth-order valence-corrected chi connectivity index (χ4v) is 3.45. The second-order valence-electron chi connectivity index (χ2n) is 6.31. The van der Waals surface area contributed by atoms with Gasteiger partial charge in [-0.3, -0.25) is 4.79 Å². The molecule has 0 aliphatic heterocycles. The molecule has 0 heterocycles. The molecule has 2 aliphatic rings. The molecule has 3 nitrogen and oxygen atoms in total. The van der Waals surface area contributed by atoms with Crippen molar-refractivity contribution < 1.29 is 9.53 Å². The van der Waals surface area contributed by atoms with Crippen molar-refractivity contribution in [3.05, 3.63) is 0 Å². The number of carbonyl (C=O) groups is 1. The predicted molar refractivity (Wildman–Crippen MR) is 67.4 cm³/mol. The average molecular weight is 239 g/mol. The van der Waals surface area contributed by atoms with Crippen LogP contribution in [0.3, 0.4) is 0 Å². The third kappa shape index (κ3) is 3.01. The van der Waals surface area contributed by atoms with E-state index in [0.29, 0.717) is 11.8 Å². The maximum absolute atomic E-state index is 12.1. The zero-order valence-corrected chi connectivity index (χ0v) is 11.1. The summed E-state index contributed by atoms with van der Waals surface area (Å²) in [6, 6.07) is 0. The zero-order valence-electron chi connectivity index (χ0n) is 11.1. The monoisotopic (exact) mass is 239 g/mol. The van der Waals surface area contributed by atoms with Gasteiger partial charge in [-0.05, 0) is 43.9 Å². The standard InChI is InChI=1S/C14H25NO2/c1-10-7-11(2)9-12(8-10)17-13(16)14(15)5-3-4-6-14/h10-12H,3-9,15H2,1-2H3. The van der Waals surface area contributed by atoms with Crippen molar-refractivity contribution in [1.29, 1.82) is 0 Å². The van der Waals surface area contributed by atoms with Gasteiger partial charge in [0.15, 0.2) is 0 Å². The summed E-state index contributed by atoms with van der Waals surface area (Å²) in [6.07, 6.45) is 7.07. The molecule has 2 rings (SSSR count). The molecule has 0 aromatic rings. The van der Waals surface area contributed by atoms with E-state index in [1.54, 1.807) is 0 Å². The van der Waals surface area contributed by atoms with Crippen molar-refractivity contribution in [2.24, 2.45) is 17.6 Å². The molecule has 0 bridgehead atoms. The minimum Gasteiger partial charge on any atom is -0.461 e. The third-order valence-corrected chi connectivity index (χ3v) is 4.31. The molecule has 2 unspecified atom stereocenters. The molecule has 0 spiro atoms. The second-order valence-corrected chi connectivity index (χ2v) is 6.31. The second kappa shape index (κ2) is 4.97. The zero-order chi connectivity index (χ0) is 12.5. The first-order chi connectivity index (χ1) is 7.99. The van der Waals surface area contributed by atoms with E-state index in [4.69, 9.17) is 10.5 Å². The van der Waals surface area contributed by atoms with Crippen LogP contribution in [0.15, 0.2) is 0 Å². The Morgan fingerprint density at radius 2 is 1.65 bits per heavy atom. The summed E-state index contributed by atoms with van der Waals surface area (Å²) in [4.78, 5) is 12.1. The SMILES string of the molecule is CC1CC(C)CC(OC(=O)C2(N)CCCC2)C1. The van der Waals surface area contributed by atoms with Gasteiger partial charge >= 0.3 is 5.97 Å². The summed E-state index contributed by atoms with van der Waals surface area (Å²) in [7, 11) is 0. The maximum Gasteiger partial charge on any atom is 0.326 e. The highest BCUT2D eigenvalue weighted by Crippen LogP contribution is 2.33. The minimum absolute atomic E-state index is 0.0993. The molecule has 2 atom stereocenters. The summed E-state index contributed by atoms with van der Waals surface area (Å²) in [5.74, 6) is 1.17.